The smallest absolute Gasteiger partial charge is 0.272 e. The average molecular weight is 554 g/mol. The van der Waals surface area contributed by atoms with Crippen LogP contribution in [0.2, 0.25) is 0 Å². The van der Waals surface area contributed by atoms with Crippen LogP contribution in [0, 0.1) is 5.92 Å². The number of para-hydroxylation sites is 1. The highest BCUT2D eigenvalue weighted by atomic mass is 16.5. The lowest BCUT2D eigenvalue weighted by atomic mass is 9.49. The summed E-state index contributed by atoms with van der Waals surface area (Å²) < 4.78 is 15.9. The van der Waals surface area contributed by atoms with E-state index in [0.29, 0.717) is 24.4 Å². The van der Waals surface area contributed by atoms with Crippen molar-refractivity contribution in [1.29, 1.82) is 0 Å². The number of benzene rings is 1. The molecule has 3 amide bonds. The predicted octanol–water partition coefficient (Wildman–Crippen LogP) is -0.221. The first kappa shape index (κ1) is 29.6. The van der Waals surface area contributed by atoms with Crippen LogP contribution in [-0.2, 0) is 20.7 Å². The lowest BCUT2D eigenvalue weighted by molar-refractivity contribution is -0.120. The van der Waals surface area contributed by atoms with E-state index < -0.39 is 11.1 Å². The Hall–Kier alpha value is -4.40. The second kappa shape index (κ2) is 12.8. The Balaban J connectivity index is 1.62. The van der Waals surface area contributed by atoms with Crippen molar-refractivity contribution in [2.75, 3.05) is 38.0 Å². The van der Waals surface area contributed by atoms with Gasteiger partial charge < -0.3 is 35.3 Å². The fraction of sp³-hybridized carbons (Fsp3) is 0.375. The van der Waals surface area contributed by atoms with Crippen molar-refractivity contribution in [2.24, 2.45) is 5.92 Å². The summed E-state index contributed by atoms with van der Waals surface area (Å²) in [6.45, 7) is 0.719. The molecule has 206 valence electrons. The fourth-order valence-corrected chi connectivity index (χ4v) is 3.65. The molecule has 0 unspecified atom stereocenters. The number of methoxy groups -OCH3 is 2. The maximum Gasteiger partial charge on any atom is 0.272 e. The van der Waals surface area contributed by atoms with E-state index in [1.54, 1.807) is 18.2 Å². The molecular formula is C24H25B3N8O6. The molecule has 1 fully saturated rings. The van der Waals surface area contributed by atoms with Crippen LogP contribution < -0.4 is 26.0 Å². The monoisotopic (exact) mass is 554 g/mol. The van der Waals surface area contributed by atoms with E-state index in [9.17, 15) is 14.4 Å². The average Bonchev–Trinajstić information content (AvgIpc) is 3.67. The standard InChI is InChI=1S/C24H25B3N8O6/c1-39-9-8-28-18(36)11-17-31-23(41-35-17)13-4-3-5-14(20(13)40-2)29-15-10-16(30-21(37)12-6-7-12)33-34-19(15)22(38)32-24(25,26)27/h3-5,10,12H,6-9,11H2,1-2H3,(H,28,36)(H,32,38)(H2,29,30,33,37). The summed E-state index contributed by atoms with van der Waals surface area (Å²) in [5.74, 6) is -0.778. The number of nitrogens with one attached hydrogen (secondary N) is 4. The highest BCUT2D eigenvalue weighted by Gasteiger charge is 2.30. The predicted molar refractivity (Wildman–Crippen MR) is 149 cm³/mol. The zero-order chi connectivity index (χ0) is 29.6. The molecule has 1 aromatic carbocycles. The van der Waals surface area contributed by atoms with Gasteiger partial charge in [0.1, 0.15) is 0 Å². The second-order valence-corrected chi connectivity index (χ2v) is 9.19. The van der Waals surface area contributed by atoms with Crippen molar-refractivity contribution in [3.8, 4) is 17.2 Å². The van der Waals surface area contributed by atoms with Crippen molar-refractivity contribution in [1.82, 2.24) is 31.0 Å². The summed E-state index contributed by atoms with van der Waals surface area (Å²) >= 11 is 0. The Morgan fingerprint density at radius 3 is 2.59 bits per heavy atom. The zero-order valence-corrected chi connectivity index (χ0v) is 22.4. The van der Waals surface area contributed by atoms with Gasteiger partial charge in [-0.2, -0.15) is 4.98 Å². The third-order valence-corrected chi connectivity index (χ3v) is 5.67. The van der Waals surface area contributed by atoms with Crippen LogP contribution in [0.5, 0.6) is 5.75 Å². The molecule has 0 atom stereocenters. The number of anilines is 3. The first-order valence-electron chi connectivity index (χ1n) is 12.5. The lowest BCUT2D eigenvalue weighted by Gasteiger charge is -2.23. The third kappa shape index (κ3) is 8.07. The number of aromatic nitrogens is 4. The van der Waals surface area contributed by atoms with Crippen LogP contribution >= 0.6 is 0 Å². The SMILES string of the molecule is [B]C([B])([B])NC(=O)c1nnc(NC(=O)C2CC2)cc1Nc1cccc(-c2nc(CC(=O)NCCOC)no2)c1OC. The molecule has 1 aliphatic rings. The minimum atomic E-state index is -2.02. The highest BCUT2D eigenvalue weighted by molar-refractivity contribution is 6.60. The molecule has 41 heavy (non-hydrogen) atoms. The normalized spacial score (nSPS) is 12.8. The quantitative estimate of drug-likeness (QED) is 0.162. The maximum absolute atomic E-state index is 12.9. The third-order valence-electron chi connectivity index (χ3n) is 5.67. The summed E-state index contributed by atoms with van der Waals surface area (Å²) in [5.41, 5.74) is 0.675. The summed E-state index contributed by atoms with van der Waals surface area (Å²) in [4.78, 5) is 41.6. The first-order valence-corrected chi connectivity index (χ1v) is 12.5. The van der Waals surface area contributed by atoms with E-state index in [-0.39, 0.29) is 58.8 Å². The fourth-order valence-electron chi connectivity index (χ4n) is 3.65. The highest BCUT2D eigenvalue weighted by Crippen LogP contribution is 2.38. The van der Waals surface area contributed by atoms with E-state index in [1.807, 2.05) is 0 Å². The van der Waals surface area contributed by atoms with Crippen LogP contribution in [0.15, 0.2) is 28.8 Å². The molecule has 4 N–H and O–H groups in total. The van der Waals surface area contributed by atoms with Gasteiger partial charge in [0.05, 0.1) is 60.6 Å². The molecule has 2 aromatic heterocycles. The Morgan fingerprint density at radius 1 is 1.12 bits per heavy atom. The van der Waals surface area contributed by atoms with Crippen molar-refractivity contribution in [2.45, 2.75) is 24.5 Å². The minimum absolute atomic E-state index is 0.0870. The summed E-state index contributed by atoms with van der Waals surface area (Å²) in [6.07, 6.45) is 1.47. The molecule has 6 radical (unpaired) electrons. The van der Waals surface area contributed by atoms with Gasteiger partial charge in [0.2, 0.25) is 11.8 Å². The van der Waals surface area contributed by atoms with Crippen molar-refractivity contribution < 1.29 is 28.4 Å². The Morgan fingerprint density at radius 2 is 1.90 bits per heavy atom. The van der Waals surface area contributed by atoms with Gasteiger partial charge in [-0.15, -0.1) is 10.2 Å². The molecular weight excluding hydrogens is 529 g/mol. The maximum atomic E-state index is 12.9. The number of carbonyl (C=O) groups is 3. The van der Waals surface area contributed by atoms with Gasteiger partial charge in [-0.1, -0.05) is 16.5 Å². The molecule has 3 aromatic rings. The molecule has 17 heteroatoms. The number of hydrogen-bond acceptors (Lipinski definition) is 11. The van der Waals surface area contributed by atoms with Gasteiger partial charge in [0.25, 0.3) is 11.8 Å². The molecule has 0 saturated heterocycles. The van der Waals surface area contributed by atoms with E-state index >= 15 is 0 Å². The van der Waals surface area contributed by atoms with Crippen LogP contribution in [0.1, 0.15) is 29.2 Å². The summed E-state index contributed by atoms with van der Waals surface area (Å²) in [6, 6.07) is 6.43. The van der Waals surface area contributed by atoms with Gasteiger partial charge >= 0.3 is 0 Å². The number of amides is 3. The van der Waals surface area contributed by atoms with Gasteiger partial charge in [0.15, 0.2) is 23.1 Å². The van der Waals surface area contributed by atoms with E-state index in [2.05, 4.69) is 41.6 Å². The topological polar surface area (TPSA) is 182 Å². The molecule has 0 aliphatic heterocycles. The molecule has 1 saturated carbocycles. The second-order valence-electron chi connectivity index (χ2n) is 9.19. The van der Waals surface area contributed by atoms with Crippen LogP contribution in [0.4, 0.5) is 17.2 Å². The lowest BCUT2D eigenvalue weighted by Crippen LogP contribution is -2.50. The Kier molecular flexibility index (Phi) is 9.27. The number of carbonyl (C=O) groups excluding carboxylic acids is 3. The van der Waals surface area contributed by atoms with E-state index in [4.69, 9.17) is 37.5 Å². The molecule has 0 spiro atoms. The van der Waals surface area contributed by atoms with Gasteiger partial charge in [-0.25, -0.2) is 0 Å². The number of rotatable bonds is 13. The Bertz CT molecular complexity index is 1430. The molecule has 14 nitrogen and oxygen atoms in total. The van der Waals surface area contributed by atoms with E-state index in [0.717, 1.165) is 12.8 Å². The van der Waals surface area contributed by atoms with Gasteiger partial charge in [-0.3, -0.25) is 14.4 Å². The Labute approximate surface area is 239 Å². The number of hydrogen-bond donors (Lipinski definition) is 4. The van der Waals surface area contributed by atoms with Crippen LogP contribution in [-0.4, -0.2) is 94.2 Å². The van der Waals surface area contributed by atoms with Crippen molar-refractivity contribution in [3.05, 3.63) is 35.8 Å². The number of ether oxygens (including phenoxy) is 2. The van der Waals surface area contributed by atoms with Crippen LogP contribution in [0.25, 0.3) is 11.5 Å². The zero-order valence-electron chi connectivity index (χ0n) is 22.4. The molecule has 4 rings (SSSR count). The first-order chi connectivity index (χ1) is 19.6. The van der Waals surface area contributed by atoms with Gasteiger partial charge in [-0.05, 0) is 25.0 Å². The summed E-state index contributed by atoms with van der Waals surface area (Å²) in [7, 11) is 19.5. The molecule has 1 aliphatic carbocycles. The molecule has 2 heterocycles. The summed E-state index contributed by atoms with van der Waals surface area (Å²) in [5, 5.41) is 20.4. The van der Waals surface area contributed by atoms with Crippen molar-refractivity contribution >= 4 is 58.5 Å². The largest absolute Gasteiger partial charge is 0.494 e. The molecule has 0 bridgehead atoms. The van der Waals surface area contributed by atoms with Gasteiger partial charge in [0, 0.05) is 25.6 Å². The van der Waals surface area contributed by atoms with Crippen molar-refractivity contribution in [3.63, 3.8) is 0 Å². The minimum Gasteiger partial charge on any atom is -0.494 e. The van der Waals surface area contributed by atoms with Crippen LogP contribution in [0.3, 0.4) is 0 Å². The number of nitrogens with zero attached hydrogens (tertiary/aromatic N) is 4. The van der Waals surface area contributed by atoms with E-state index in [1.165, 1.54) is 20.3 Å².